The summed E-state index contributed by atoms with van der Waals surface area (Å²) in [6.45, 7) is 2.24. The molecule has 2 N–H and O–H groups in total. The number of sulfonamides is 1. The van der Waals surface area contributed by atoms with Crippen LogP contribution in [-0.4, -0.2) is 18.4 Å². The van der Waals surface area contributed by atoms with Gasteiger partial charge in [-0.3, -0.25) is 0 Å². The SMILES string of the molecule is Cc1ccc(CS(=O)(=O)NCc2ccc3nc[nH]c3c2)cc1. The summed E-state index contributed by atoms with van der Waals surface area (Å²) in [6.07, 6.45) is 1.62. The molecule has 0 amide bonds. The Balaban J connectivity index is 1.67. The van der Waals surface area contributed by atoms with Gasteiger partial charge in [-0.1, -0.05) is 35.9 Å². The summed E-state index contributed by atoms with van der Waals surface area (Å²) >= 11 is 0. The molecule has 1 heterocycles. The van der Waals surface area contributed by atoms with Gasteiger partial charge in [0.25, 0.3) is 0 Å². The highest BCUT2D eigenvalue weighted by atomic mass is 32.2. The molecule has 6 heteroatoms. The molecule has 0 radical (unpaired) electrons. The number of hydrogen-bond acceptors (Lipinski definition) is 3. The lowest BCUT2D eigenvalue weighted by Gasteiger charge is -2.07. The number of nitrogens with zero attached hydrogens (tertiary/aromatic N) is 1. The lowest BCUT2D eigenvalue weighted by molar-refractivity contribution is 0.580. The number of aromatic amines is 1. The van der Waals surface area contributed by atoms with E-state index in [9.17, 15) is 8.42 Å². The first-order chi connectivity index (χ1) is 10.5. The van der Waals surface area contributed by atoms with E-state index in [4.69, 9.17) is 0 Å². The van der Waals surface area contributed by atoms with Crippen LogP contribution in [0.25, 0.3) is 11.0 Å². The number of imidazole rings is 1. The molecule has 0 saturated heterocycles. The normalized spacial score (nSPS) is 11.9. The molecular formula is C16H17N3O2S. The molecule has 0 aliphatic rings. The fourth-order valence-electron chi connectivity index (χ4n) is 2.24. The minimum Gasteiger partial charge on any atom is -0.345 e. The van der Waals surface area contributed by atoms with Crippen molar-refractivity contribution in [1.82, 2.24) is 14.7 Å². The Bertz CT molecular complexity index is 883. The number of nitrogens with one attached hydrogen (secondary N) is 2. The standard InChI is InChI=1S/C16H17N3O2S/c1-12-2-4-13(5-3-12)10-22(20,21)19-9-14-6-7-15-16(8-14)18-11-17-15/h2-8,11,19H,9-10H2,1H3,(H,17,18). The van der Waals surface area contributed by atoms with Crippen molar-refractivity contribution in [3.8, 4) is 0 Å². The second-order valence-electron chi connectivity index (χ2n) is 5.32. The summed E-state index contributed by atoms with van der Waals surface area (Å²) in [5.41, 5.74) is 4.55. The molecule has 5 nitrogen and oxygen atoms in total. The van der Waals surface area contributed by atoms with Gasteiger partial charge in [0.1, 0.15) is 0 Å². The quantitative estimate of drug-likeness (QED) is 0.759. The monoisotopic (exact) mass is 315 g/mol. The van der Waals surface area contributed by atoms with E-state index in [-0.39, 0.29) is 12.3 Å². The van der Waals surface area contributed by atoms with Crippen molar-refractivity contribution in [3.05, 3.63) is 65.5 Å². The van der Waals surface area contributed by atoms with Gasteiger partial charge in [0.2, 0.25) is 10.0 Å². The van der Waals surface area contributed by atoms with Gasteiger partial charge in [-0.05, 0) is 30.2 Å². The predicted octanol–water partition coefficient (Wildman–Crippen LogP) is 2.49. The Labute approximate surface area is 129 Å². The Kier molecular flexibility index (Phi) is 3.96. The summed E-state index contributed by atoms with van der Waals surface area (Å²) in [4.78, 5) is 7.15. The maximum absolute atomic E-state index is 12.1. The van der Waals surface area contributed by atoms with Crippen LogP contribution in [0.3, 0.4) is 0 Å². The number of H-pyrrole nitrogens is 1. The number of aromatic nitrogens is 2. The van der Waals surface area contributed by atoms with E-state index in [0.717, 1.165) is 27.7 Å². The summed E-state index contributed by atoms with van der Waals surface area (Å²) in [5, 5.41) is 0. The first-order valence-electron chi connectivity index (χ1n) is 6.97. The van der Waals surface area contributed by atoms with Gasteiger partial charge in [-0.15, -0.1) is 0 Å². The van der Waals surface area contributed by atoms with E-state index in [2.05, 4.69) is 14.7 Å². The maximum atomic E-state index is 12.1. The van der Waals surface area contributed by atoms with Crippen LogP contribution in [0.4, 0.5) is 0 Å². The average Bonchev–Trinajstić information content (AvgIpc) is 2.95. The first-order valence-corrected chi connectivity index (χ1v) is 8.62. The number of aryl methyl sites for hydroxylation is 1. The van der Waals surface area contributed by atoms with Gasteiger partial charge in [-0.2, -0.15) is 0 Å². The van der Waals surface area contributed by atoms with Crippen molar-refractivity contribution >= 4 is 21.1 Å². The summed E-state index contributed by atoms with van der Waals surface area (Å²) in [6, 6.07) is 13.1. The van der Waals surface area contributed by atoms with E-state index in [1.165, 1.54) is 0 Å². The van der Waals surface area contributed by atoms with Crippen molar-refractivity contribution in [1.29, 1.82) is 0 Å². The molecule has 22 heavy (non-hydrogen) atoms. The van der Waals surface area contributed by atoms with Crippen molar-refractivity contribution < 1.29 is 8.42 Å². The van der Waals surface area contributed by atoms with Gasteiger partial charge in [0, 0.05) is 6.54 Å². The fourth-order valence-corrected chi connectivity index (χ4v) is 3.36. The zero-order valence-electron chi connectivity index (χ0n) is 12.2. The van der Waals surface area contributed by atoms with Crippen molar-refractivity contribution in [3.63, 3.8) is 0 Å². The Hall–Kier alpha value is -2.18. The van der Waals surface area contributed by atoms with E-state index < -0.39 is 10.0 Å². The largest absolute Gasteiger partial charge is 0.345 e. The van der Waals surface area contributed by atoms with E-state index in [0.29, 0.717) is 0 Å². The molecule has 0 saturated carbocycles. The summed E-state index contributed by atoms with van der Waals surface area (Å²) in [7, 11) is -3.36. The van der Waals surface area contributed by atoms with Crippen molar-refractivity contribution in [2.24, 2.45) is 0 Å². The van der Waals surface area contributed by atoms with E-state index in [1.54, 1.807) is 6.33 Å². The zero-order chi connectivity index (χ0) is 15.6. The highest BCUT2D eigenvalue weighted by Gasteiger charge is 2.11. The van der Waals surface area contributed by atoms with Crippen LogP contribution in [0.2, 0.25) is 0 Å². The number of fused-ring (bicyclic) bond motifs is 1. The Morgan fingerprint density at radius 1 is 1.09 bits per heavy atom. The minimum absolute atomic E-state index is 0.0143. The molecule has 0 aliphatic carbocycles. The van der Waals surface area contributed by atoms with Crippen LogP contribution in [0, 0.1) is 6.92 Å². The van der Waals surface area contributed by atoms with E-state index in [1.807, 2.05) is 49.4 Å². The molecule has 3 aromatic rings. The molecule has 0 fully saturated rings. The molecular weight excluding hydrogens is 298 g/mol. The van der Waals surface area contributed by atoms with Crippen LogP contribution in [0.15, 0.2) is 48.8 Å². The molecule has 2 aromatic carbocycles. The minimum atomic E-state index is -3.36. The lowest BCUT2D eigenvalue weighted by Crippen LogP contribution is -2.24. The molecule has 3 rings (SSSR count). The highest BCUT2D eigenvalue weighted by molar-refractivity contribution is 7.88. The van der Waals surface area contributed by atoms with Crippen LogP contribution < -0.4 is 4.72 Å². The third-order valence-corrected chi connectivity index (χ3v) is 4.76. The lowest BCUT2D eigenvalue weighted by atomic mass is 10.2. The molecule has 0 spiro atoms. The maximum Gasteiger partial charge on any atom is 0.216 e. The van der Waals surface area contributed by atoms with Gasteiger partial charge in [-0.25, -0.2) is 18.1 Å². The van der Waals surface area contributed by atoms with Gasteiger partial charge < -0.3 is 4.98 Å². The number of rotatable bonds is 5. The summed E-state index contributed by atoms with van der Waals surface area (Å²) < 4.78 is 26.9. The first kappa shape index (κ1) is 14.7. The molecule has 1 aromatic heterocycles. The fraction of sp³-hybridized carbons (Fsp3) is 0.188. The molecule has 0 bridgehead atoms. The topological polar surface area (TPSA) is 74.8 Å². The van der Waals surface area contributed by atoms with Crippen LogP contribution in [-0.2, 0) is 22.3 Å². The second kappa shape index (κ2) is 5.90. The van der Waals surface area contributed by atoms with Crippen LogP contribution >= 0.6 is 0 Å². The highest BCUT2D eigenvalue weighted by Crippen LogP contribution is 2.12. The van der Waals surface area contributed by atoms with Crippen LogP contribution in [0.5, 0.6) is 0 Å². The van der Waals surface area contributed by atoms with Crippen LogP contribution in [0.1, 0.15) is 16.7 Å². The molecule has 0 unspecified atom stereocenters. The van der Waals surface area contributed by atoms with Crippen molar-refractivity contribution in [2.45, 2.75) is 19.2 Å². The Morgan fingerprint density at radius 2 is 1.82 bits per heavy atom. The number of benzene rings is 2. The summed E-state index contributed by atoms with van der Waals surface area (Å²) in [5.74, 6) is -0.0143. The van der Waals surface area contributed by atoms with Gasteiger partial charge in [0.15, 0.2) is 0 Å². The van der Waals surface area contributed by atoms with Gasteiger partial charge >= 0.3 is 0 Å². The smallest absolute Gasteiger partial charge is 0.216 e. The van der Waals surface area contributed by atoms with E-state index >= 15 is 0 Å². The molecule has 0 atom stereocenters. The average molecular weight is 315 g/mol. The molecule has 0 aliphatic heterocycles. The molecule has 114 valence electrons. The van der Waals surface area contributed by atoms with Crippen molar-refractivity contribution in [2.75, 3.05) is 0 Å². The van der Waals surface area contributed by atoms with Gasteiger partial charge in [0.05, 0.1) is 23.1 Å². The third-order valence-electron chi connectivity index (χ3n) is 3.46. The zero-order valence-corrected chi connectivity index (χ0v) is 13.0. The number of hydrogen-bond donors (Lipinski definition) is 2. The predicted molar refractivity (Wildman–Crippen MR) is 86.7 cm³/mol. The third kappa shape index (κ3) is 3.52. The Morgan fingerprint density at radius 3 is 2.59 bits per heavy atom. The second-order valence-corrected chi connectivity index (χ2v) is 7.13.